The van der Waals surface area contributed by atoms with Gasteiger partial charge in [0.2, 0.25) is 5.88 Å². The largest absolute Gasteiger partial charge is 0.477 e. The maximum Gasteiger partial charge on any atom is 0.262 e. The first-order chi connectivity index (χ1) is 14.7. The minimum absolute atomic E-state index is 0.111. The molecule has 0 atom stereocenters. The monoisotopic (exact) mass is 445 g/mol. The molecule has 1 aliphatic rings. The van der Waals surface area contributed by atoms with E-state index in [1.165, 1.54) is 10.6 Å². The Balaban J connectivity index is 1.35. The molecule has 1 saturated heterocycles. The number of hydrogen-bond donors (Lipinski definition) is 0. The van der Waals surface area contributed by atoms with E-state index in [0.29, 0.717) is 37.2 Å². The molecule has 0 aliphatic carbocycles. The van der Waals surface area contributed by atoms with Crippen molar-refractivity contribution in [1.82, 2.24) is 33.6 Å². The van der Waals surface area contributed by atoms with Crippen molar-refractivity contribution in [1.29, 1.82) is 0 Å². The van der Waals surface area contributed by atoms with Crippen LogP contribution in [0.15, 0.2) is 29.7 Å². The van der Waals surface area contributed by atoms with Gasteiger partial charge in [-0.2, -0.15) is 9.40 Å². The second-order valence-corrected chi connectivity index (χ2v) is 9.83. The van der Waals surface area contributed by atoms with E-state index in [-0.39, 0.29) is 10.9 Å². The Morgan fingerprint density at radius 3 is 2.48 bits per heavy atom. The Labute approximate surface area is 182 Å². The summed E-state index contributed by atoms with van der Waals surface area (Å²) in [6.45, 7) is 7.07. The second-order valence-electron chi connectivity index (χ2n) is 7.95. The third kappa shape index (κ3) is 4.47. The molecular formula is C20H27N7O3S. The lowest BCUT2D eigenvalue weighted by Gasteiger charge is -2.30. The van der Waals surface area contributed by atoms with Gasteiger partial charge >= 0.3 is 0 Å². The lowest BCUT2D eigenvalue weighted by molar-refractivity contribution is 0.180. The highest BCUT2D eigenvalue weighted by Gasteiger charge is 2.31. The number of imidazole rings is 1. The van der Waals surface area contributed by atoms with E-state index in [1.807, 2.05) is 19.9 Å². The summed E-state index contributed by atoms with van der Waals surface area (Å²) >= 11 is 0. The number of sulfonamides is 1. The Bertz CT molecular complexity index is 1160. The fourth-order valence-corrected chi connectivity index (χ4v) is 5.18. The van der Waals surface area contributed by atoms with E-state index in [0.717, 1.165) is 24.2 Å². The number of hydrogen-bond acceptors (Lipinski definition) is 7. The fraction of sp³-hybridized carbons (Fsp3) is 0.500. The lowest BCUT2D eigenvalue weighted by atomic mass is 9.99. The second kappa shape index (κ2) is 8.39. The standard InChI is InChI=1S/C20H27N7O3S/c1-14-9-15(2)27(24-14)18-10-19(22-13-21-18)30-12-17-5-7-26(8-6-17)31(28,29)20-11-25(4)16(3)23-20/h9-11,13,17H,5-8,12H2,1-4H3. The van der Waals surface area contributed by atoms with Crippen LogP contribution in [-0.4, -0.2) is 61.7 Å². The van der Waals surface area contributed by atoms with E-state index in [9.17, 15) is 8.42 Å². The molecule has 1 aliphatic heterocycles. The highest BCUT2D eigenvalue weighted by molar-refractivity contribution is 7.89. The van der Waals surface area contributed by atoms with Gasteiger partial charge in [0.1, 0.15) is 12.2 Å². The van der Waals surface area contributed by atoms with Gasteiger partial charge in [-0.25, -0.2) is 28.1 Å². The van der Waals surface area contributed by atoms with Crippen LogP contribution in [0.25, 0.3) is 5.82 Å². The minimum Gasteiger partial charge on any atom is -0.477 e. The molecule has 10 nitrogen and oxygen atoms in total. The molecule has 166 valence electrons. The third-order valence-electron chi connectivity index (χ3n) is 5.59. The van der Waals surface area contributed by atoms with Crippen molar-refractivity contribution in [2.45, 2.75) is 38.6 Å². The summed E-state index contributed by atoms with van der Waals surface area (Å²) in [6.07, 6.45) is 4.47. The smallest absolute Gasteiger partial charge is 0.262 e. The van der Waals surface area contributed by atoms with Crippen LogP contribution < -0.4 is 4.74 Å². The first-order valence-corrected chi connectivity index (χ1v) is 11.7. The van der Waals surface area contributed by atoms with Crippen molar-refractivity contribution in [3.8, 4) is 11.7 Å². The van der Waals surface area contributed by atoms with Gasteiger partial charge in [-0.1, -0.05) is 0 Å². The molecule has 11 heteroatoms. The molecule has 31 heavy (non-hydrogen) atoms. The molecule has 0 N–H and O–H groups in total. The predicted molar refractivity (Wildman–Crippen MR) is 114 cm³/mol. The Morgan fingerprint density at radius 1 is 1.13 bits per heavy atom. The van der Waals surface area contributed by atoms with Gasteiger partial charge < -0.3 is 9.30 Å². The van der Waals surface area contributed by atoms with Crippen LogP contribution in [0.5, 0.6) is 5.88 Å². The van der Waals surface area contributed by atoms with Gasteiger partial charge in [-0.15, -0.1) is 0 Å². The maximum absolute atomic E-state index is 12.8. The highest BCUT2D eigenvalue weighted by atomic mass is 32.2. The Hall–Kier alpha value is -2.79. The average molecular weight is 446 g/mol. The molecule has 1 fully saturated rings. The zero-order valence-electron chi connectivity index (χ0n) is 18.2. The van der Waals surface area contributed by atoms with Crippen molar-refractivity contribution in [2.75, 3.05) is 19.7 Å². The van der Waals surface area contributed by atoms with Crippen LogP contribution in [-0.2, 0) is 17.1 Å². The molecule has 4 heterocycles. The molecule has 3 aromatic heterocycles. The molecule has 0 saturated carbocycles. The topological polar surface area (TPSA) is 108 Å². The molecule has 0 unspecified atom stereocenters. The van der Waals surface area contributed by atoms with Crippen LogP contribution in [0.2, 0.25) is 0 Å². The lowest BCUT2D eigenvalue weighted by Crippen LogP contribution is -2.39. The number of rotatable bonds is 6. The normalized spacial score (nSPS) is 16.0. The van der Waals surface area contributed by atoms with Gasteiger partial charge in [0, 0.05) is 38.1 Å². The first-order valence-electron chi connectivity index (χ1n) is 10.2. The molecule has 4 rings (SSSR count). The number of aryl methyl sites for hydroxylation is 4. The Kier molecular flexibility index (Phi) is 5.80. The van der Waals surface area contributed by atoms with Gasteiger partial charge in [-0.3, -0.25) is 0 Å². The Morgan fingerprint density at radius 2 is 1.87 bits per heavy atom. The SMILES string of the molecule is Cc1cc(C)n(-c2cc(OCC3CCN(S(=O)(=O)c4cn(C)c(C)n4)CC3)ncn2)n1. The van der Waals surface area contributed by atoms with Gasteiger partial charge in [0.25, 0.3) is 10.0 Å². The van der Waals surface area contributed by atoms with Crippen LogP contribution in [0.3, 0.4) is 0 Å². The van der Waals surface area contributed by atoms with E-state index < -0.39 is 10.0 Å². The van der Waals surface area contributed by atoms with Gasteiger partial charge in [-0.05, 0) is 45.6 Å². The van der Waals surface area contributed by atoms with Crippen molar-refractivity contribution in [3.05, 3.63) is 41.9 Å². The first kappa shape index (κ1) is 21.4. The minimum atomic E-state index is -3.56. The molecular weight excluding hydrogens is 418 g/mol. The van der Waals surface area contributed by atoms with Gasteiger partial charge in [0.15, 0.2) is 10.8 Å². The van der Waals surface area contributed by atoms with Crippen molar-refractivity contribution in [2.24, 2.45) is 13.0 Å². The van der Waals surface area contributed by atoms with Crippen LogP contribution in [0.1, 0.15) is 30.1 Å². The van der Waals surface area contributed by atoms with E-state index in [2.05, 4.69) is 20.1 Å². The van der Waals surface area contributed by atoms with Crippen LogP contribution >= 0.6 is 0 Å². The average Bonchev–Trinajstić information content (AvgIpc) is 3.27. The summed E-state index contributed by atoms with van der Waals surface area (Å²) in [5, 5.41) is 4.55. The summed E-state index contributed by atoms with van der Waals surface area (Å²) in [6, 6.07) is 3.75. The van der Waals surface area contributed by atoms with Gasteiger partial charge in [0.05, 0.1) is 12.3 Å². The molecule has 0 bridgehead atoms. The van der Waals surface area contributed by atoms with Crippen molar-refractivity contribution >= 4 is 10.0 Å². The predicted octanol–water partition coefficient (Wildman–Crippen LogP) is 1.80. The summed E-state index contributed by atoms with van der Waals surface area (Å²) in [7, 11) is -1.77. The summed E-state index contributed by atoms with van der Waals surface area (Å²) < 4.78 is 36.6. The highest BCUT2D eigenvalue weighted by Crippen LogP contribution is 2.24. The summed E-state index contributed by atoms with van der Waals surface area (Å²) in [5.41, 5.74) is 1.90. The van der Waals surface area contributed by atoms with Crippen molar-refractivity contribution < 1.29 is 13.2 Å². The summed E-state index contributed by atoms with van der Waals surface area (Å²) in [5.74, 6) is 2.06. The van der Waals surface area contributed by atoms with Crippen LogP contribution in [0, 0.1) is 26.7 Å². The maximum atomic E-state index is 12.8. The fourth-order valence-electron chi connectivity index (χ4n) is 3.69. The number of aromatic nitrogens is 6. The molecule has 0 spiro atoms. The number of ether oxygens (including phenoxy) is 1. The van der Waals surface area contributed by atoms with Crippen molar-refractivity contribution in [3.63, 3.8) is 0 Å². The van der Waals surface area contributed by atoms with E-state index in [4.69, 9.17) is 4.74 Å². The zero-order chi connectivity index (χ0) is 22.2. The molecule has 3 aromatic rings. The number of nitrogens with zero attached hydrogens (tertiary/aromatic N) is 7. The quantitative estimate of drug-likeness (QED) is 0.569. The molecule has 0 radical (unpaired) electrons. The molecule has 0 aromatic carbocycles. The molecule has 0 amide bonds. The number of piperidine rings is 1. The zero-order valence-corrected chi connectivity index (χ0v) is 19.0. The van der Waals surface area contributed by atoms with E-state index >= 15 is 0 Å². The van der Waals surface area contributed by atoms with Crippen LogP contribution in [0.4, 0.5) is 0 Å². The van der Waals surface area contributed by atoms with E-state index in [1.54, 1.807) is 35.5 Å². The third-order valence-corrected chi connectivity index (χ3v) is 7.36. The summed E-state index contributed by atoms with van der Waals surface area (Å²) in [4.78, 5) is 12.7.